The van der Waals surface area contributed by atoms with Gasteiger partial charge in [0.05, 0.1) is 0 Å². The van der Waals surface area contributed by atoms with Crippen LogP contribution in [0.1, 0.15) is 24.8 Å². The molecule has 0 atom stereocenters. The number of nitrogens with one attached hydrogen (secondary N) is 2. The molecule has 1 fully saturated rings. The molecule has 2 rings (SSSR count). The topological polar surface area (TPSA) is 79.5 Å². The Bertz CT molecular complexity index is 570. The Hall–Kier alpha value is -2.48. The Kier molecular flexibility index (Phi) is 5.22. The zero-order valence-corrected chi connectivity index (χ0v) is 11.9. The number of terminal acetylenes is 1. The van der Waals surface area contributed by atoms with Gasteiger partial charge in [0.1, 0.15) is 6.54 Å². The average Bonchev–Trinajstić information content (AvgIpc) is 2.43. The fourth-order valence-corrected chi connectivity index (χ4v) is 2.05. The van der Waals surface area contributed by atoms with Gasteiger partial charge in [0.15, 0.2) is 5.96 Å². The van der Waals surface area contributed by atoms with Crippen molar-refractivity contribution in [1.82, 2.24) is 5.32 Å². The molecular weight excluding hydrogens is 264 g/mol. The third-order valence-corrected chi connectivity index (χ3v) is 3.50. The van der Waals surface area contributed by atoms with Crippen LogP contribution < -0.4 is 16.4 Å². The van der Waals surface area contributed by atoms with E-state index in [0.29, 0.717) is 17.6 Å². The summed E-state index contributed by atoms with van der Waals surface area (Å²) in [6, 6.07) is 7.11. The molecule has 5 heteroatoms. The smallest absolute Gasteiger partial charge is 0.246 e. The van der Waals surface area contributed by atoms with Gasteiger partial charge in [0.2, 0.25) is 5.91 Å². The Labute approximate surface area is 125 Å². The molecule has 5 nitrogen and oxygen atoms in total. The van der Waals surface area contributed by atoms with Crippen molar-refractivity contribution in [2.24, 2.45) is 16.6 Å². The minimum absolute atomic E-state index is 0.0101. The highest BCUT2D eigenvalue weighted by molar-refractivity contribution is 5.94. The van der Waals surface area contributed by atoms with Crippen molar-refractivity contribution in [3.8, 4) is 12.3 Å². The van der Waals surface area contributed by atoms with Crippen LogP contribution in [0.5, 0.6) is 0 Å². The van der Waals surface area contributed by atoms with Gasteiger partial charge in [-0.25, -0.2) is 4.99 Å². The van der Waals surface area contributed by atoms with Crippen molar-refractivity contribution in [2.45, 2.75) is 19.3 Å². The zero-order chi connectivity index (χ0) is 15.1. The van der Waals surface area contributed by atoms with Crippen molar-refractivity contribution >= 4 is 17.6 Å². The van der Waals surface area contributed by atoms with Crippen LogP contribution in [0.3, 0.4) is 0 Å². The third-order valence-electron chi connectivity index (χ3n) is 3.50. The summed E-state index contributed by atoms with van der Waals surface area (Å²) in [5.41, 5.74) is 7.10. The summed E-state index contributed by atoms with van der Waals surface area (Å²) in [6.45, 7) is 0.824. The van der Waals surface area contributed by atoms with Crippen LogP contribution in [0, 0.1) is 18.3 Å². The first-order chi connectivity index (χ1) is 10.2. The van der Waals surface area contributed by atoms with E-state index in [1.807, 2.05) is 0 Å². The lowest BCUT2D eigenvalue weighted by Crippen LogP contribution is -2.37. The number of carbonyl (C=O) groups is 1. The number of anilines is 1. The molecule has 1 aromatic rings. The summed E-state index contributed by atoms with van der Waals surface area (Å²) < 4.78 is 0. The van der Waals surface area contributed by atoms with Crippen molar-refractivity contribution in [3.05, 3.63) is 29.8 Å². The number of hydrogen-bond acceptors (Lipinski definition) is 2. The summed E-state index contributed by atoms with van der Waals surface area (Å²) in [7, 11) is 0. The molecule has 1 saturated carbocycles. The molecule has 0 aromatic heterocycles. The second-order valence-electron chi connectivity index (χ2n) is 5.15. The lowest BCUT2D eigenvalue weighted by Gasteiger charge is -2.25. The molecule has 1 aromatic carbocycles. The van der Waals surface area contributed by atoms with Gasteiger partial charge >= 0.3 is 0 Å². The van der Waals surface area contributed by atoms with E-state index in [-0.39, 0.29) is 12.5 Å². The Morgan fingerprint density at radius 1 is 1.48 bits per heavy atom. The molecule has 0 unspecified atom stereocenters. The third kappa shape index (κ3) is 4.84. The summed E-state index contributed by atoms with van der Waals surface area (Å²) >= 11 is 0. The van der Waals surface area contributed by atoms with Crippen molar-refractivity contribution in [2.75, 3.05) is 18.4 Å². The van der Waals surface area contributed by atoms with Gasteiger partial charge < -0.3 is 16.4 Å². The maximum absolute atomic E-state index is 11.8. The largest absolute Gasteiger partial charge is 0.370 e. The number of hydrogen-bond donors (Lipinski definition) is 3. The van der Waals surface area contributed by atoms with Gasteiger partial charge in [-0.15, -0.1) is 6.42 Å². The van der Waals surface area contributed by atoms with Crippen LogP contribution >= 0.6 is 0 Å². The number of nitrogens with zero attached hydrogens (tertiary/aromatic N) is 1. The van der Waals surface area contributed by atoms with Gasteiger partial charge in [0.25, 0.3) is 0 Å². The molecule has 0 spiro atoms. The first kappa shape index (κ1) is 14.9. The van der Waals surface area contributed by atoms with E-state index in [4.69, 9.17) is 12.2 Å². The van der Waals surface area contributed by atoms with E-state index in [2.05, 4.69) is 21.5 Å². The first-order valence-corrected chi connectivity index (χ1v) is 7.07. The predicted octanol–water partition coefficient (Wildman–Crippen LogP) is 1.31. The van der Waals surface area contributed by atoms with Gasteiger partial charge in [-0.1, -0.05) is 18.4 Å². The number of amides is 1. The summed E-state index contributed by atoms with van der Waals surface area (Å²) in [5, 5.41) is 5.78. The fourth-order valence-electron chi connectivity index (χ4n) is 2.05. The molecule has 1 amide bonds. The van der Waals surface area contributed by atoms with Crippen LogP contribution in [-0.4, -0.2) is 25.0 Å². The zero-order valence-electron chi connectivity index (χ0n) is 11.9. The fraction of sp³-hybridized carbons (Fsp3) is 0.375. The SMILES string of the molecule is C#Cc1cccc(NC(=O)CN=C(N)NCC2CCC2)c1. The quantitative estimate of drug-likeness (QED) is 0.433. The highest BCUT2D eigenvalue weighted by Crippen LogP contribution is 2.24. The number of rotatable bonds is 5. The Morgan fingerprint density at radius 2 is 2.29 bits per heavy atom. The molecular formula is C16H20N4O. The summed E-state index contributed by atoms with van der Waals surface area (Å²) in [6.07, 6.45) is 9.09. The number of guanidine groups is 1. The lowest BCUT2D eigenvalue weighted by molar-refractivity contribution is -0.114. The van der Waals surface area contributed by atoms with E-state index in [1.165, 1.54) is 19.3 Å². The van der Waals surface area contributed by atoms with Gasteiger partial charge in [-0.05, 0) is 37.0 Å². The average molecular weight is 284 g/mol. The lowest BCUT2D eigenvalue weighted by atomic mass is 9.85. The minimum Gasteiger partial charge on any atom is -0.370 e. The Balaban J connectivity index is 1.76. The van der Waals surface area contributed by atoms with Crippen LogP contribution in [0.4, 0.5) is 5.69 Å². The number of aliphatic imine (C=N–C) groups is 1. The molecule has 1 aliphatic rings. The first-order valence-electron chi connectivity index (χ1n) is 7.07. The van der Waals surface area contributed by atoms with Gasteiger partial charge in [0, 0.05) is 17.8 Å². The molecule has 110 valence electrons. The van der Waals surface area contributed by atoms with E-state index >= 15 is 0 Å². The summed E-state index contributed by atoms with van der Waals surface area (Å²) in [5.74, 6) is 3.30. The van der Waals surface area contributed by atoms with Gasteiger partial charge in [-0.3, -0.25) is 4.79 Å². The second-order valence-corrected chi connectivity index (χ2v) is 5.15. The second kappa shape index (κ2) is 7.34. The molecule has 21 heavy (non-hydrogen) atoms. The van der Waals surface area contributed by atoms with Crippen molar-refractivity contribution < 1.29 is 4.79 Å². The summed E-state index contributed by atoms with van der Waals surface area (Å²) in [4.78, 5) is 15.8. The molecule has 0 aliphatic heterocycles. The van der Waals surface area contributed by atoms with Crippen LogP contribution in [0.25, 0.3) is 0 Å². The van der Waals surface area contributed by atoms with Crippen LogP contribution in [-0.2, 0) is 4.79 Å². The standard InChI is InChI=1S/C16H20N4O/c1-2-12-5-4-8-14(9-12)20-15(21)11-19-16(17)18-10-13-6-3-7-13/h1,4-5,8-9,13H,3,6-7,10-11H2,(H,20,21)(H3,17,18,19). The van der Waals surface area contributed by atoms with Gasteiger partial charge in [-0.2, -0.15) is 0 Å². The van der Waals surface area contributed by atoms with E-state index in [0.717, 1.165) is 12.1 Å². The Morgan fingerprint density at radius 3 is 2.95 bits per heavy atom. The number of carbonyl (C=O) groups excluding carboxylic acids is 1. The normalized spacial score (nSPS) is 14.9. The molecule has 4 N–H and O–H groups in total. The van der Waals surface area contributed by atoms with E-state index in [9.17, 15) is 4.79 Å². The molecule has 1 aliphatic carbocycles. The van der Waals surface area contributed by atoms with Crippen LogP contribution in [0.2, 0.25) is 0 Å². The predicted molar refractivity (Wildman–Crippen MR) is 84.8 cm³/mol. The molecule has 0 bridgehead atoms. The van der Waals surface area contributed by atoms with Crippen LogP contribution in [0.15, 0.2) is 29.3 Å². The molecule has 0 heterocycles. The number of benzene rings is 1. The van der Waals surface area contributed by atoms with E-state index < -0.39 is 0 Å². The molecule has 0 saturated heterocycles. The maximum atomic E-state index is 11.8. The van der Waals surface area contributed by atoms with E-state index in [1.54, 1.807) is 24.3 Å². The van der Waals surface area contributed by atoms with Crippen molar-refractivity contribution in [3.63, 3.8) is 0 Å². The number of nitrogens with two attached hydrogens (primary N) is 1. The molecule has 0 radical (unpaired) electrons. The highest BCUT2D eigenvalue weighted by Gasteiger charge is 2.16. The highest BCUT2D eigenvalue weighted by atomic mass is 16.1. The van der Waals surface area contributed by atoms with Crippen molar-refractivity contribution in [1.29, 1.82) is 0 Å². The maximum Gasteiger partial charge on any atom is 0.246 e. The monoisotopic (exact) mass is 284 g/mol. The minimum atomic E-state index is -0.224.